The van der Waals surface area contributed by atoms with Crippen molar-refractivity contribution in [2.75, 3.05) is 0 Å². The highest BCUT2D eigenvalue weighted by Crippen LogP contribution is 2.11. The summed E-state index contributed by atoms with van der Waals surface area (Å²) in [5, 5.41) is 0.607. The zero-order valence-corrected chi connectivity index (χ0v) is 10.8. The van der Waals surface area contributed by atoms with E-state index < -0.39 is 11.8 Å². The zero-order valence-electron chi connectivity index (χ0n) is 10.0. The Kier molecular flexibility index (Phi) is 4.31. The average molecular weight is 275 g/mol. The van der Waals surface area contributed by atoms with Gasteiger partial charge in [-0.2, -0.15) is 0 Å². The number of carbonyl (C=O) groups excluding carboxylic acids is 2. The summed E-state index contributed by atoms with van der Waals surface area (Å²) in [4.78, 5) is 23.3. The van der Waals surface area contributed by atoms with Gasteiger partial charge >= 0.3 is 5.97 Å². The van der Waals surface area contributed by atoms with Crippen LogP contribution in [0.5, 0.6) is 0 Å². The minimum atomic E-state index is -0.860. The lowest BCUT2D eigenvalue weighted by molar-refractivity contribution is -0.139. The normalized spacial score (nSPS) is 9.95. The van der Waals surface area contributed by atoms with Gasteiger partial charge < -0.3 is 4.74 Å². The van der Waals surface area contributed by atoms with Crippen LogP contribution in [0.2, 0.25) is 5.02 Å². The van der Waals surface area contributed by atoms with E-state index in [1.54, 1.807) is 54.6 Å². The van der Waals surface area contributed by atoms with Crippen molar-refractivity contribution in [1.82, 2.24) is 0 Å². The van der Waals surface area contributed by atoms with Crippen LogP contribution in [0.15, 0.2) is 54.6 Å². The summed E-state index contributed by atoms with van der Waals surface area (Å²) < 4.78 is 4.95. The van der Waals surface area contributed by atoms with Crippen LogP contribution in [0.1, 0.15) is 15.9 Å². The number of carbonyl (C=O) groups is 2. The quantitative estimate of drug-likeness (QED) is 0.488. The number of hydrogen-bond acceptors (Lipinski definition) is 3. The van der Waals surface area contributed by atoms with Crippen LogP contribution in [0.4, 0.5) is 0 Å². The maximum absolute atomic E-state index is 11.7. The first-order valence-corrected chi connectivity index (χ1v) is 6.05. The van der Waals surface area contributed by atoms with Gasteiger partial charge in [0.25, 0.3) is 5.78 Å². The van der Waals surface area contributed by atoms with Crippen LogP contribution in [0, 0.1) is 0 Å². The van der Waals surface area contributed by atoms with Crippen molar-refractivity contribution in [1.29, 1.82) is 0 Å². The molecule has 2 aromatic carbocycles. The molecule has 0 radical (unpaired) electrons. The first kappa shape index (κ1) is 13.3. The van der Waals surface area contributed by atoms with Gasteiger partial charge in [0.05, 0.1) is 0 Å². The highest BCUT2D eigenvalue weighted by Gasteiger charge is 2.17. The zero-order chi connectivity index (χ0) is 13.7. The summed E-state index contributed by atoms with van der Waals surface area (Å²) in [6.07, 6.45) is 0. The molecule has 0 N–H and O–H groups in total. The third kappa shape index (κ3) is 3.66. The Balaban J connectivity index is 1.95. The van der Waals surface area contributed by atoms with Crippen LogP contribution >= 0.6 is 11.6 Å². The molecule has 0 aliphatic heterocycles. The summed E-state index contributed by atoms with van der Waals surface area (Å²) in [5.41, 5.74) is 1.10. The number of benzene rings is 2. The topological polar surface area (TPSA) is 43.4 Å². The van der Waals surface area contributed by atoms with Crippen LogP contribution in [0.3, 0.4) is 0 Å². The number of Topliss-reactive ketones (excluding diaryl/α,β-unsaturated/α-hetero) is 1. The smallest absolute Gasteiger partial charge is 0.380 e. The van der Waals surface area contributed by atoms with Crippen molar-refractivity contribution in [3.8, 4) is 0 Å². The number of halogens is 1. The fourth-order valence-electron chi connectivity index (χ4n) is 1.50. The second kappa shape index (κ2) is 6.16. The second-order valence-electron chi connectivity index (χ2n) is 3.90. The molecule has 0 aliphatic carbocycles. The summed E-state index contributed by atoms with van der Waals surface area (Å²) in [6.45, 7) is 0.0502. The van der Waals surface area contributed by atoms with E-state index in [1.165, 1.54) is 0 Å². The van der Waals surface area contributed by atoms with Gasteiger partial charge in [0.1, 0.15) is 6.61 Å². The van der Waals surface area contributed by atoms with Crippen LogP contribution in [0.25, 0.3) is 0 Å². The second-order valence-corrected chi connectivity index (χ2v) is 4.33. The van der Waals surface area contributed by atoms with E-state index in [0.29, 0.717) is 10.6 Å². The Labute approximate surface area is 115 Å². The molecule has 19 heavy (non-hydrogen) atoms. The van der Waals surface area contributed by atoms with Gasteiger partial charge in [-0.15, -0.1) is 0 Å². The SMILES string of the molecule is O=C(OCc1ccc(Cl)cc1)C(=O)c1ccccc1. The van der Waals surface area contributed by atoms with Crippen LogP contribution in [-0.4, -0.2) is 11.8 Å². The highest BCUT2D eigenvalue weighted by atomic mass is 35.5. The molecule has 4 heteroatoms. The summed E-state index contributed by atoms with van der Waals surface area (Å²) in [7, 11) is 0. The molecule has 0 saturated carbocycles. The third-order valence-corrected chi connectivity index (χ3v) is 2.76. The van der Waals surface area contributed by atoms with Crippen molar-refractivity contribution in [3.05, 3.63) is 70.7 Å². The molecule has 2 aromatic rings. The Bertz CT molecular complexity index is 576. The fraction of sp³-hybridized carbons (Fsp3) is 0.0667. The van der Waals surface area contributed by atoms with E-state index in [-0.39, 0.29) is 6.61 Å². The highest BCUT2D eigenvalue weighted by molar-refractivity contribution is 6.40. The van der Waals surface area contributed by atoms with Crippen molar-refractivity contribution in [2.24, 2.45) is 0 Å². The Morgan fingerprint density at radius 3 is 2.21 bits per heavy atom. The minimum Gasteiger partial charge on any atom is -0.455 e. The van der Waals surface area contributed by atoms with Gasteiger partial charge in [-0.1, -0.05) is 54.1 Å². The monoisotopic (exact) mass is 274 g/mol. The molecule has 0 fully saturated rings. The van der Waals surface area contributed by atoms with Crippen LogP contribution in [-0.2, 0) is 16.1 Å². The predicted octanol–water partition coefficient (Wildman–Crippen LogP) is 3.27. The molecule has 96 valence electrons. The maximum Gasteiger partial charge on any atom is 0.380 e. The molecule has 0 heterocycles. The number of esters is 1. The van der Waals surface area contributed by atoms with Crippen molar-refractivity contribution < 1.29 is 14.3 Å². The van der Waals surface area contributed by atoms with Gasteiger partial charge in [-0.05, 0) is 17.7 Å². The molecule has 0 aromatic heterocycles. The number of ketones is 1. The molecule has 3 nitrogen and oxygen atoms in total. The lowest BCUT2D eigenvalue weighted by atomic mass is 10.1. The molecule has 0 atom stereocenters. The van der Waals surface area contributed by atoms with E-state index >= 15 is 0 Å². The van der Waals surface area contributed by atoms with Gasteiger partial charge in [0.15, 0.2) is 0 Å². The summed E-state index contributed by atoms with van der Waals surface area (Å²) in [5.74, 6) is -1.50. The first-order chi connectivity index (χ1) is 9.16. The van der Waals surface area contributed by atoms with E-state index in [9.17, 15) is 9.59 Å². The van der Waals surface area contributed by atoms with Gasteiger partial charge in [0, 0.05) is 10.6 Å². The van der Waals surface area contributed by atoms with Gasteiger partial charge in [-0.25, -0.2) is 4.79 Å². The van der Waals surface area contributed by atoms with E-state index in [2.05, 4.69) is 0 Å². The van der Waals surface area contributed by atoms with E-state index in [4.69, 9.17) is 16.3 Å². The van der Waals surface area contributed by atoms with Crippen molar-refractivity contribution in [2.45, 2.75) is 6.61 Å². The molecule has 0 saturated heterocycles. The number of rotatable bonds is 4. The van der Waals surface area contributed by atoms with E-state index in [1.807, 2.05) is 0 Å². The minimum absolute atomic E-state index is 0.0502. The Hall–Kier alpha value is -2.13. The molecule has 0 bridgehead atoms. The molecule has 0 aliphatic rings. The lowest BCUT2D eigenvalue weighted by Crippen LogP contribution is -2.17. The first-order valence-electron chi connectivity index (χ1n) is 5.68. The van der Waals surface area contributed by atoms with Crippen molar-refractivity contribution >= 4 is 23.4 Å². The number of hydrogen-bond donors (Lipinski definition) is 0. The van der Waals surface area contributed by atoms with E-state index in [0.717, 1.165) is 5.56 Å². The standard InChI is InChI=1S/C15H11ClO3/c16-13-8-6-11(7-9-13)10-19-15(18)14(17)12-4-2-1-3-5-12/h1-9H,10H2. The molecular weight excluding hydrogens is 264 g/mol. The number of ether oxygens (including phenoxy) is 1. The van der Waals surface area contributed by atoms with Gasteiger partial charge in [0.2, 0.25) is 0 Å². The third-order valence-electron chi connectivity index (χ3n) is 2.50. The molecular formula is C15H11ClO3. The molecule has 0 amide bonds. The van der Waals surface area contributed by atoms with Crippen LogP contribution < -0.4 is 0 Å². The fourth-order valence-corrected chi connectivity index (χ4v) is 1.63. The largest absolute Gasteiger partial charge is 0.455 e. The molecule has 0 spiro atoms. The van der Waals surface area contributed by atoms with Crippen molar-refractivity contribution in [3.63, 3.8) is 0 Å². The average Bonchev–Trinajstić information content (AvgIpc) is 2.46. The molecule has 0 unspecified atom stereocenters. The predicted molar refractivity (Wildman–Crippen MR) is 72.0 cm³/mol. The maximum atomic E-state index is 11.7. The summed E-state index contributed by atoms with van der Waals surface area (Å²) in [6, 6.07) is 15.2. The molecule has 2 rings (SSSR count). The summed E-state index contributed by atoms with van der Waals surface area (Å²) >= 11 is 5.74. The lowest BCUT2D eigenvalue weighted by Gasteiger charge is -2.04. The van der Waals surface area contributed by atoms with Gasteiger partial charge in [-0.3, -0.25) is 4.79 Å². The Morgan fingerprint density at radius 2 is 1.58 bits per heavy atom. The Morgan fingerprint density at radius 1 is 0.947 bits per heavy atom.